The fourth-order valence-corrected chi connectivity index (χ4v) is 7.75. The van der Waals surface area contributed by atoms with Gasteiger partial charge < -0.3 is 35.6 Å². The van der Waals surface area contributed by atoms with Gasteiger partial charge in [0.1, 0.15) is 23.1 Å². The van der Waals surface area contributed by atoms with Crippen molar-refractivity contribution in [1.82, 2.24) is 25.1 Å². The Hall–Kier alpha value is -5.64. The Kier molecular flexibility index (Phi) is 12.6. The van der Waals surface area contributed by atoms with Crippen LogP contribution in [0.25, 0.3) is 11.3 Å². The molecule has 0 radical (unpaired) electrons. The second-order valence-corrected chi connectivity index (χ2v) is 14.5. The standard InChI is InChI=1S/C41H44ClF2N9O4/c1-56-16-15-53-25-33(39(50-53)32-7-2-3-8-35(32)44)40(55)48-36(22-37(45)54)26-9-10-31(34(42)20-26)27-19-29(24-52(23-27)30-6-4-5-28(43)21-30)47-41-46-12-11-38(49-41)51-13-17-57-18-14-51/h2-12,20-21,25,27,29,36H,13-19,22-24H2,1H3,(H2,45,54)(H,48,55)(H,46,47,49)/t27?,29-,36-/m0/s1. The minimum absolute atomic E-state index is 0.117. The highest BCUT2D eigenvalue weighted by molar-refractivity contribution is 6.31. The molecular weight excluding hydrogens is 756 g/mol. The molecule has 5 aromatic rings. The SMILES string of the molecule is COCCn1cc(C(=O)N[C@@H](CC(N)=O)c2ccc(C3C[C@H](Nc4nccc(N5CCOCC5)n4)CN(c4cccc(F)c4)C3)c(Cl)c2)c(-c2ccccc2F)n1. The number of morpholine rings is 1. The molecular formula is C41H44ClF2N9O4. The van der Waals surface area contributed by atoms with Gasteiger partial charge in [0.2, 0.25) is 11.9 Å². The molecule has 4 N–H and O–H groups in total. The van der Waals surface area contributed by atoms with Gasteiger partial charge in [-0.3, -0.25) is 14.3 Å². The zero-order valence-corrected chi connectivity index (χ0v) is 32.2. The molecule has 1 unspecified atom stereocenters. The molecule has 0 saturated carbocycles. The number of piperidine rings is 1. The van der Waals surface area contributed by atoms with Crippen molar-refractivity contribution in [2.24, 2.45) is 5.73 Å². The predicted octanol–water partition coefficient (Wildman–Crippen LogP) is 5.58. The summed E-state index contributed by atoms with van der Waals surface area (Å²) in [5.74, 6) is -0.914. The number of benzene rings is 3. The van der Waals surface area contributed by atoms with Gasteiger partial charge in [-0.2, -0.15) is 10.1 Å². The summed E-state index contributed by atoms with van der Waals surface area (Å²) >= 11 is 7.07. The van der Waals surface area contributed by atoms with Gasteiger partial charge in [-0.05, 0) is 60.0 Å². The third-order valence-electron chi connectivity index (χ3n) is 10.2. The van der Waals surface area contributed by atoms with Crippen LogP contribution in [0.5, 0.6) is 0 Å². The number of nitrogens with zero attached hydrogens (tertiary/aromatic N) is 6. The third kappa shape index (κ3) is 9.67. The van der Waals surface area contributed by atoms with Crippen molar-refractivity contribution in [3.05, 3.63) is 119 Å². The highest BCUT2D eigenvalue weighted by atomic mass is 35.5. The lowest BCUT2D eigenvalue weighted by Crippen LogP contribution is -2.46. The predicted molar refractivity (Wildman–Crippen MR) is 213 cm³/mol. The summed E-state index contributed by atoms with van der Waals surface area (Å²) in [5, 5.41) is 11.3. The Morgan fingerprint density at radius 3 is 2.61 bits per heavy atom. The van der Waals surface area contributed by atoms with Gasteiger partial charge in [0.05, 0.1) is 44.4 Å². The summed E-state index contributed by atoms with van der Waals surface area (Å²) in [6.45, 7) is 4.49. The molecule has 2 saturated heterocycles. The van der Waals surface area contributed by atoms with E-state index in [9.17, 15) is 18.4 Å². The average molecular weight is 800 g/mol. The molecule has 3 aromatic carbocycles. The third-order valence-corrected chi connectivity index (χ3v) is 10.5. The Labute approximate surface area is 334 Å². The number of hydrogen-bond donors (Lipinski definition) is 3. The van der Waals surface area contributed by atoms with E-state index in [-0.39, 0.29) is 41.0 Å². The van der Waals surface area contributed by atoms with E-state index in [0.29, 0.717) is 62.4 Å². The number of carbonyl (C=O) groups excluding carboxylic acids is 2. The van der Waals surface area contributed by atoms with E-state index in [4.69, 9.17) is 31.8 Å². The lowest BCUT2D eigenvalue weighted by Gasteiger charge is -2.40. The van der Waals surface area contributed by atoms with E-state index in [2.05, 4.69) is 30.5 Å². The van der Waals surface area contributed by atoms with Gasteiger partial charge in [0.15, 0.2) is 0 Å². The van der Waals surface area contributed by atoms with Crippen LogP contribution >= 0.6 is 11.6 Å². The normalized spacial score (nSPS) is 17.6. The molecule has 0 bridgehead atoms. The Morgan fingerprint density at radius 1 is 1.04 bits per heavy atom. The molecule has 298 valence electrons. The maximum atomic E-state index is 15.0. The average Bonchev–Trinajstić information content (AvgIpc) is 3.64. The van der Waals surface area contributed by atoms with Gasteiger partial charge in [-0.1, -0.05) is 41.9 Å². The van der Waals surface area contributed by atoms with Crippen molar-refractivity contribution in [2.45, 2.75) is 37.4 Å². The molecule has 0 spiro atoms. The van der Waals surface area contributed by atoms with Gasteiger partial charge in [0, 0.05) is 73.9 Å². The molecule has 13 nitrogen and oxygen atoms in total. The molecule has 2 aromatic heterocycles. The van der Waals surface area contributed by atoms with Crippen molar-refractivity contribution in [2.75, 3.05) is 68.2 Å². The Bertz CT molecular complexity index is 2200. The molecule has 2 fully saturated rings. The maximum Gasteiger partial charge on any atom is 0.255 e. The second-order valence-electron chi connectivity index (χ2n) is 14.1. The second kappa shape index (κ2) is 18.1. The number of rotatable bonds is 14. The van der Waals surface area contributed by atoms with Crippen LogP contribution in [0.2, 0.25) is 5.02 Å². The summed E-state index contributed by atoms with van der Waals surface area (Å²) in [6.07, 6.45) is 3.69. The molecule has 16 heteroatoms. The van der Waals surface area contributed by atoms with E-state index in [1.807, 2.05) is 24.3 Å². The van der Waals surface area contributed by atoms with Gasteiger partial charge >= 0.3 is 0 Å². The number of nitrogens with two attached hydrogens (primary N) is 1. The number of primary amides is 1. The van der Waals surface area contributed by atoms with Gasteiger partial charge in [-0.25, -0.2) is 13.8 Å². The number of ether oxygens (including phenoxy) is 2. The number of nitrogens with one attached hydrogen (secondary N) is 2. The first-order valence-electron chi connectivity index (χ1n) is 18.8. The number of aromatic nitrogens is 4. The lowest BCUT2D eigenvalue weighted by molar-refractivity contribution is -0.118. The van der Waals surface area contributed by atoms with Crippen LogP contribution < -0.4 is 26.2 Å². The number of halogens is 3. The zero-order chi connectivity index (χ0) is 39.9. The first kappa shape index (κ1) is 39.6. The van der Waals surface area contributed by atoms with Gasteiger partial charge in [0.25, 0.3) is 5.91 Å². The molecule has 57 heavy (non-hydrogen) atoms. The van der Waals surface area contributed by atoms with Crippen molar-refractivity contribution in [1.29, 1.82) is 0 Å². The summed E-state index contributed by atoms with van der Waals surface area (Å²) in [4.78, 5) is 39.9. The summed E-state index contributed by atoms with van der Waals surface area (Å²) in [6, 6.07) is 18.8. The van der Waals surface area contributed by atoms with E-state index < -0.39 is 23.7 Å². The first-order valence-corrected chi connectivity index (χ1v) is 19.2. The van der Waals surface area contributed by atoms with Gasteiger partial charge in [-0.15, -0.1) is 0 Å². The fraction of sp³-hybridized carbons (Fsp3) is 0.341. The van der Waals surface area contributed by atoms with E-state index >= 15 is 0 Å². The van der Waals surface area contributed by atoms with E-state index in [0.717, 1.165) is 30.2 Å². The molecule has 2 aliphatic heterocycles. The quantitative estimate of drug-likeness (QED) is 0.130. The largest absolute Gasteiger partial charge is 0.383 e. The smallest absolute Gasteiger partial charge is 0.255 e. The summed E-state index contributed by atoms with van der Waals surface area (Å²) in [7, 11) is 1.55. The Balaban J connectivity index is 1.15. The number of methoxy groups -OCH3 is 1. The van der Waals surface area contributed by atoms with Crippen LogP contribution in [0.3, 0.4) is 0 Å². The van der Waals surface area contributed by atoms with Crippen LogP contribution in [-0.4, -0.2) is 90.7 Å². The lowest BCUT2D eigenvalue weighted by atomic mass is 9.86. The minimum Gasteiger partial charge on any atom is -0.383 e. The number of hydrogen-bond acceptors (Lipinski definition) is 10. The molecule has 4 heterocycles. The highest BCUT2D eigenvalue weighted by Crippen LogP contribution is 2.37. The number of carbonyl (C=O) groups is 2. The van der Waals surface area contributed by atoms with Crippen LogP contribution in [0.4, 0.5) is 26.2 Å². The first-order chi connectivity index (χ1) is 27.6. The summed E-state index contributed by atoms with van der Waals surface area (Å²) < 4.78 is 41.6. The molecule has 2 amide bonds. The van der Waals surface area contributed by atoms with Crippen LogP contribution in [0.15, 0.2) is 85.2 Å². The number of anilines is 3. The molecule has 0 aliphatic carbocycles. The van der Waals surface area contributed by atoms with Crippen molar-refractivity contribution in [3.8, 4) is 11.3 Å². The fourth-order valence-electron chi connectivity index (χ4n) is 7.40. The zero-order valence-electron chi connectivity index (χ0n) is 31.4. The molecule has 7 rings (SSSR count). The van der Waals surface area contributed by atoms with Crippen LogP contribution in [-0.2, 0) is 20.8 Å². The van der Waals surface area contributed by atoms with Crippen molar-refractivity contribution >= 4 is 40.9 Å². The monoisotopic (exact) mass is 799 g/mol. The maximum absolute atomic E-state index is 15.0. The van der Waals surface area contributed by atoms with Crippen LogP contribution in [0.1, 0.15) is 46.3 Å². The molecule has 3 atom stereocenters. The number of amides is 2. The molecule has 2 aliphatic rings. The van der Waals surface area contributed by atoms with Crippen molar-refractivity contribution in [3.63, 3.8) is 0 Å². The topological polar surface area (TPSA) is 153 Å². The minimum atomic E-state index is -0.863. The van der Waals surface area contributed by atoms with E-state index in [1.165, 1.54) is 29.1 Å². The van der Waals surface area contributed by atoms with Crippen molar-refractivity contribution < 1.29 is 27.8 Å². The van der Waals surface area contributed by atoms with Crippen LogP contribution in [0, 0.1) is 11.6 Å². The Morgan fingerprint density at radius 2 is 1.86 bits per heavy atom. The van der Waals surface area contributed by atoms with E-state index in [1.54, 1.807) is 43.6 Å². The summed E-state index contributed by atoms with van der Waals surface area (Å²) in [5.41, 5.74) is 8.21. The highest BCUT2D eigenvalue weighted by Gasteiger charge is 2.32.